The van der Waals surface area contributed by atoms with Gasteiger partial charge < -0.3 is 19.9 Å². The molecule has 2 saturated heterocycles. The molecule has 2 aliphatic heterocycles. The van der Waals surface area contributed by atoms with Gasteiger partial charge >= 0.3 is 6.03 Å². The van der Waals surface area contributed by atoms with Crippen LogP contribution in [0.1, 0.15) is 0 Å². The summed E-state index contributed by atoms with van der Waals surface area (Å²) in [6.45, 7) is 5.76. The predicted molar refractivity (Wildman–Crippen MR) is 90.9 cm³/mol. The van der Waals surface area contributed by atoms with Crippen molar-refractivity contribution >= 4 is 17.6 Å². The van der Waals surface area contributed by atoms with Crippen LogP contribution >= 0.6 is 0 Å². The maximum Gasteiger partial charge on any atom is 0.321 e. The first kappa shape index (κ1) is 16.7. The maximum atomic E-state index is 12.4. The van der Waals surface area contributed by atoms with Crippen LogP contribution in [0.3, 0.4) is 0 Å². The fraction of sp³-hybridized carbons (Fsp3) is 0.529. The van der Waals surface area contributed by atoms with E-state index in [1.807, 2.05) is 35.2 Å². The second-order valence-electron chi connectivity index (χ2n) is 6.05. The van der Waals surface area contributed by atoms with Gasteiger partial charge in [-0.2, -0.15) is 0 Å². The maximum absolute atomic E-state index is 12.4. The third kappa shape index (κ3) is 4.46. The van der Waals surface area contributed by atoms with E-state index in [4.69, 9.17) is 4.74 Å². The van der Waals surface area contributed by atoms with E-state index in [0.29, 0.717) is 45.9 Å². The zero-order valence-corrected chi connectivity index (χ0v) is 13.8. The number of urea groups is 1. The van der Waals surface area contributed by atoms with E-state index in [-0.39, 0.29) is 11.9 Å². The standard InChI is InChI=1S/C17H24N4O3/c22-16(14-19-10-12-24-13-11-19)20-6-8-21(9-7-20)17(23)18-15-4-2-1-3-5-15/h1-5H,6-14H2,(H,18,23). The molecule has 1 aromatic rings. The Morgan fingerprint density at radius 1 is 0.917 bits per heavy atom. The Hall–Kier alpha value is -2.12. The summed E-state index contributed by atoms with van der Waals surface area (Å²) in [6, 6.07) is 9.30. The van der Waals surface area contributed by atoms with Gasteiger partial charge in [0.1, 0.15) is 0 Å². The van der Waals surface area contributed by atoms with E-state index >= 15 is 0 Å². The lowest BCUT2D eigenvalue weighted by atomic mass is 10.3. The third-order valence-corrected chi connectivity index (χ3v) is 4.41. The van der Waals surface area contributed by atoms with Crippen molar-refractivity contribution < 1.29 is 14.3 Å². The normalized spacial score (nSPS) is 19.2. The van der Waals surface area contributed by atoms with Gasteiger partial charge in [0.25, 0.3) is 0 Å². The number of carbonyl (C=O) groups is 2. The summed E-state index contributed by atoms with van der Waals surface area (Å²) in [7, 11) is 0. The largest absolute Gasteiger partial charge is 0.379 e. The summed E-state index contributed by atoms with van der Waals surface area (Å²) < 4.78 is 5.30. The molecule has 0 unspecified atom stereocenters. The lowest BCUT2D eigenvalue weighted by Crippen LogP contribution is -2.54. The molecule has 2 fully saturated rings. The van der Waals surface area contributed by atoms with Crippen LogP contribution in [0, 0.1) is 0 Å². The van der Waals surface area contributed by atoms with Crippen molar-refractivity contribution in [1.29, 1.82) is 0 Å². The number of hydrogen-bond acceptors (Lipinski definition) is 4. The van der Waals surface area contributed by atoms with Crippen LogP contribution in [0.5, 0.6) is 0 Å². The first-order valence-electron chi connectivity index (χ1n) is 8.41. The number of morpholine rings is 1. The van der Waals surface area contributed by atoms with Gasteiger partial charge in [-0.3, -0.25) is 9.69 Å². The van der Waals surface area contributed by atoms with Crippen LogP contribution in [-0.4, -0.2) is 85.7 Å². The minimum absolute atomic E-state index is 0.110. The highest BCUT2D eigenvalue weighted by molar-refractivity contribution is 5.89. The number of ether oxygens (including phenoxy) is 1. The van der Waals surface area contributed by atoms with Crippen LogP contribution in [0.25, 0.3) is 0 Å². The summed E-state index contributed by atoms with van der Waals surface area (Å²) in [5.41, 5.74) is 0.785. The number of hydrogen-bond donors (Lipinski definition) is 1. The van der Waals surface area contributed by atoms with E-state index in [1.54, 1.807) is 4.90 Å². The molecule has 1 aromatic carbocycles. The SMILES string of the molecule is O=C(CN1CCOCC1)N1CCN(C(=O)Nc2ccccc2)CC1. The number of nitrogens with zero attached hydrogens (tertiary/aromatic N) is 3. The quantitative estimate of drug-likeness (QED) is 0.885. The Bertz CT molecular complexity index is 552. The van der Waals surface area contributed by atoms with Crippen LogP contribution in [-0.2, 0) is 9.53 Å². The van der Waals surface area contributed by atoms with Gasteiger partial charge in [-0.05, 0) is 12.1 Å². The van der Waals surface area contributed by atoms with E-state index in [9.17, 15) is 9.59 Å². The molecule has 24 heavy (non-hydrogen) atoms. The zero-order chi connectivity index (χ0) is 16.8. The Morgan fingerprint density at radius 2 is 1.54 bits per heavy atom. The fourth-order valence-electron chi connectivity index (χ4n) is 2.93. The van der Waals surface area contributed by atoms with Gasteiger partial charge in [-0.15, -0.1) is 0 Å². The van der Waals surface area contributed by atoms with Crippen molar-refractivity contribution in [1.82, 2.24) is 14.7 Å². The number of nitrogens with one attached hydrogen (secondary N) is 1. The Kier molecular flexibility index (Phi) is 5.66. The predicted octanol–water partition coefficient (Wildman–Crippen LogP) is 0.695. The van der Waals surface area contributed by atoms with Crippen LogP contribution < -0.4 is 5.32 Å². The molecule has 7 heteroatoms. The average molecular weight is 332 g/mol. The molecule has 0 aromatic heterocycles. The highest BCUT2D eigenvalue weighted by Gasteiger charge is 2.25. The molecule has 0 radical (unpaired) electrons. The van der Waals surface area contributed by atoms with Crippen molar-refractivity contribution in [3.8, 4) is 0 Å². The molecule has 2 heterocycles. The summed E-state index contributed by atoms with van der Waals surface area (Å²) in [5.74, 6) is 0.139. The first-order valence-corrected chi connectivity index (χ1v) is 8.41. The van der Waals surface area contributed by atoms with Gasteiger partial charge in [0, 0.05) is 45.0 Å². The zero-order valence-electron chi connectivity index (χ0n) is 13.8. The molecule has 0 saturated carbocycles. The van der Waals surface area contributed by atoms with Gasteiger partial charge in [-0.25, -0.2) is 4.79 Å². The summed E-state index contributed by atoms with van der Waals surface area (Å²) in [5, 5.41) is 2.88. The van der Waals surface area contributed by atoms with Gasteiger partial charge in [0.2, 0.25) is 5.91 Å². The molecule has 1 N–H and O–H groups in total. The number of para-hydroxylation sites is 1. The van der Waals surface area contributed by atoms with Gasteiger partial charge in [-0.1, -0.05) is 18.2 Å². The molecule has 2 aliphatic rings. The number of amides is 3. The van der Waals surface area contributed by atoms with E-state index in [0.717, 1.165) is 18.8 Å². The summed E-state index contributed by atoms with van der Waals surface area (Å²) in [6.07, 6.45) is 0. The van der Waals surface area contributed by atoms with Crippen LogP contribution in [0.4, 0.5) is 10.5 Å². The molecule has 7 nitrogen and oxygen atoms in total. The number of anilines is 1. The second kappa shape index (κ2) is 8.12. The molecule has 3 rings (SSSR count). The van der Waals surface area contributed by atoms with Gasteiger partial charge in [0.05, 0.1) is 19.8 Å². The molecule has 0 bridgehead atoms. The van der Waals surface area contributed by atoms with Crippen molar-refractivity contribution in [3.05, 3.63) is 30.3 Å². The minimum atomic E-state index is -0.110. The highest BCUT2D eigenvalue weighted by atomic mass is 16.5. The Balaban J connectivity index is 1.43. The monoisotopic (exact) mass is 332 g/mol. The molecule has 0 aliphatic carbocycles. The lowest BCUT2D eigenvalue weighted by Gasteiger charge is -2.36. The molecular formula is C17H24N4O3. The minimum Gasteiger partial charge on any atom is -0.379 e. The van der Waals surface area contributed by atoms with Crippen LogP contribution in [0.15, 0.2) is 30.3 Å². The average Bonchev–Trinajstić information content (AvgIpc) is 2.63. The molecule has 0 spiro atoms. The van der Waals surface area contributed by atoms with E-state index in [1.165, 1.54) is 0 Å². The number of carbonyl (C=O) groups excluding carboxylic acids is 2. The van der Waals surface area contributed by atoms with E-state index < -0.39 is 0 Å². The molecular weight excluding hydrogens is 308 g/mol. The highest BCUT2D eigenvalue weighted by Crippen LogP contribution is 2.09. The Labute approximate surface area is 142 Å². The molecule has 0 atom stereocenters. The summed E-state index contributed by atoms with van der Waals surface area (Å²) >= 11 is 0. The van der Waals surface area contributed by atoms with Crippen molar-refractivity contribution in [2.45, 2.75) is 0 Å². The summed E-state index contributed by atoms with van der Waals surface area (Å²) in [4.78, 5) is 30.3. The Morgan fingerprint density at radius 3 is 2.21 bits per heavy atom. The van der Waals surface area contributed by atoms with Crippen molar-refractivity contribution in [3.63, 3.8) is 0 Å². The first-order chi connectivity index (χ1) is 11.7. The van der Waals surface area contributed by atoms with E-state index in [2.05, 4.69) is 10.2 Å². The van der Waals surface area contributed by atoms with Crippen LogP contribution in [0.2, 0.25) is 0 Å². The van der Waals surface area contributed by atoms with Crippen molar-refractivity contribution in [2.75, 3.05) is 64.3 Å². The number of rotatable bonds is 3. The fourth-order valence-corrected chi connectivity index (χ4v) is 2.93. The van der Waals surface area contributed by atoms with Crippen molar-refractivity contribution in [2.24, 2.45) is 0 Å². The molecule has 3 amide bonds. The second-order valence-corrected chi connectivity index (χ2v) is 6.05. The number of piperazine rings is 1. The number of benzene rings is 1. The molecule has 130 valence electrons. The third-order valence-electron chi connectivity index (χ3n) is 4.41. The lowest BCUT2D eigenvalue weighted by molar-refractivity contribution is -0.134. The smallest absolute Gasteiger partial charge is 0.321 e. The topological polar surface area (TPSA) is 65.1 Å². The van der Waals surface area contributed by atoms with Gasteiger partial charge in [0.15, 0.2) is 0 Å².